The minimum Gasteiger partial charge on any atom is -0.419 e. The lowest BCUT2D eigenvalue weighted by Gasteiger charge is -2.11. The fourth-order valence-corrected chi connectivity index (χ4v) is 3.10. The maximum absolute atomic E-state index is 14.5. The predicted octanol–water partition coefficient (Wildman–Crippen LogP) is 4.73. The minimum absolute atomic E-state index is 0.152. The average molecular weight is 400 g/mol. The average Bonchev–Trinajstić information content (AvgIpc) is 3.42. The van der Waals surface area contributed by atoms with Crippen molar-refractivity contribution in [1.29, 1.82) is 0 Å². The van der Waals surface area contributed by atoms with E-state index in [1.54, 1.807) is 13.0 Å². The molecule has 1 fully saturated rings. The minimum atomic E-state index is -0.401. The van der Waals surface area contributed by atoms with E-state index in [0.29, 0.717) is 40.9 Å². The van der Waals surface area contributed by atoms with Gasteiger partial charge in [0.15, 0.2) is 0 Å². The van der Waals surface area contributed by atoms with Gasteiger partial charge in [-0.1, -0.05) is 12.1 Å². The molecule has 0 spiro atoms. The van der Waals surface area contributed by atoms with Crippen molar-refractivity contribution >= 4 is 17.5 Å². The van der Waals surface area contributed by atoms with Crippen molar-refractivity contribution in [2.45, 2.75) is 25.6 Å². The lowest BCUT2D eigenvalue weighted by molar-refractivity contribution is 0.0951. The van der Waals surface area contributed by atoms with Crippen molar-refractivity contribution in [1.82, 2.24) is 15.5 Å². The van der Waals surface area contributed by atoms with Crippen LogP contribution < -0.4 is 5.32 Å². The molecule has 7 heteroatoms. The van der Waals surface area contributed by atoms with Gasteiger partial charge in [0.1, 0.15) is 11.7 Å². The summed E-state index contributed by atoms with van der Waals surface area (Å²) in [5.41, 5.74) is 3.04. The number of benzene rings is 2. The first-order valence-corrected chi connectivity index (χ1v) is 9.66. The summed E-state index contributed by atoms with van der Waals surface area (Å²) >= 11 is 5.68. The molecular weight excluding hydrogens is 381 g/mol. The van der Waals surface area contributed by atoms with Crippen LogP contribution in [0, 0.1) is 18.7 Å². The Morgan fingerprint density at radius 2 is 1.93 bits per heavy atom. The maximum Gasteiger partial charge on any atom is 0.251 e. The van der Waals surface area contributed by atoms with Gasteiger partial charge in [-0.25, -0.2) is 4.39 Å². The molecule has 1 N–H and O–H groups in total. The van der Waals surface area contributed by atoms with E-state index in [9.17, 15) is 9.18 Å². The highest BCUT2D eigenvalue weighted by atomic mass is 35.5. The Balaban J connectivity index is 1.61. The van der Waals surface area contributed by atoms with Crippen LogP contribution in [-0.4, -0.2) is 22.6 Å². The number of nitrogens with one attached hydrogen (secondary N) is 1. The number of alkyl halides is 1. The molecule has 1 heterocycles. The Hall–Kier alpha value is -2.73. The fourth-order valence-electron chi connectivity index (χ4n) is 2.99. The molecule has 0 unspecified atom stereocenters. The van der Waals surface area contributed by atoms with Crippen molar-refractivity contribution in [3.8, 4) is 22.6 Å². The predicted molar refractivity (Wildman–Crippen MR) is 104 cm³/mol. The largest absolute Gasteiger partial charge is 0.419 e. The molecular formula is C21H19ClFN3O2. The van der Waals surface area contributed by atoms with E-state index in [2.05, 4.69) is 15.5 Å². The van der Waals surface area contributed by atoms with Crippen LogP contribution in [0.1, 0.15) is 34.7 Å². The van der Waals surface area contributed by atoms with Crippen LogP contribution in [0.4, 0.5) is 4.39 Å². The number of rotatable bonds is 6. The highest BCUT2D eigenvalue weighted by Gasteiger charge is 2.22. The van der Waals surface area contributed by atoms with Gasteiger partial charge in [-0.05, 0) is 66.6 Å². The third-order valence-corrected chi connectivity index (χ3v) is 5.11. The third-order valence-electron chi connectivity index (χ3n) is 4.88. The second kappa shape index (κ2) is 7.72. The van der Waals surface area contributed by atoms with Crippen molar-refractivity contribution in [3.05, 3.63) is 59.2 Å². The summed E-state index contributed by atoms with van der Waals surface area (Å²) in [6.45, 7) is 2.35. The summed E-state index contributed by atoms with van der Waals surface area (Å²) in [5.74, 6) is 0.793. The molecule has 1 aromatic heterocycles. The Bertz CT molecular complexity index is 1010. The van der Waals surface area contributed by atoms with Crippen LogP contribution in [0.15, 0.2) is 40.8 Å². The molecule has 3 aromatic rings. The highest BCUT2D eigenvalue weighted by Crippen LogP contribution is 2.30. The molecule has 0 bridgehead atoms. The molecule has 0 saturated heterocycles. The monoisotopic (exact) mass is 399 g/mol. The van der Waals surface area contributed by atoms with Gasteiger partial charge in [0.25, 0.3) is 5.91 Å². The molecule has 1 aliphatic rings. The number of hydrogen-bond acceptors (Lipinski definition) is 4. The van der Waals surface area contributed by atoms with Crippen molar-refractivity contribution < 1.29 is 13.6 Å². The molecule has 4 rings (SSSR count). The van der Waals surface area contributed by atoms with E-state index in [4.69, 9.17) is 16.0 Å². The quantitative estimate of drug-likeness (QED) is 0.608. The van der Waals surface area contributed by atoms with Gasteiger partial charge in [-0.3, -0.25) is 4.79 Å². The number of carbonyl (C=O) groups is 1. The SMILES string of the molecule is Cc1c(F)cc(C(=O)NCC2CC2)cc1-c1ccc(-c2nnc(CCl)o2)cc1. The van der Waals surface area contributed by atoms with Gasteiger partial charge in [0.05, 0.1) is 0 Å². The van der Waals surface area contributed by atoms with E-state index in [-0.39, 0.29) is 11.8 Å². The zero-order valence-electron chi connectivity index (χ0n) is 15.3. The second-order valence-corrected chi connectivity index (χ2v) is 7.26. The molecule has 28 heavy (non-hydrogen) atoms. The molecule has 1 saturated carbocycles. The first-order chi connectivity index (χ1) is 13.5. The number of nitrogens with zero attached hydrogens (tertiary/aromatic N) is 2. The zero-order chi connectivity index (χ0) is 19.7. The van der Waals surface area contributed by atoms with E-state index in [0.717, 1.165) is 24.0 Å². The van der Waals surface area contributed by atoms with Crippen molar-refractivity contribution in [2.24, 2.45) is 5.92 Å². The third kappa shape index (κ3) is 3.92. The van der Waals surface area contributed by atoms with Crippen LogP contribution in [0.25, 0.3) is 22.6 Å². The van der Waals surface area contributed by atoms with Gasteiger partial charge in [0, 0.05) is 17.7 Å². The van der Waals surface area contributed by atoms with Crippen LogP contribution in [-0.2, 0) is 5.88 Å². The Morgan fingerprint density at radius 1 is 1.21 bits per heavy atom. The summed E-state index contributed by atoms with van der Waals surface area (Å²) < 4.78 is 19.9. The molecule has 0 aliphatic heterocycles. The van der Waals surface area contributed by atoms with Gasteiger partial charge < -0.3 is 9.73 Å². The smallest absolute Gasteiger partial charge is 0.251 e. The summed E-state index contributed by atoms with van der Waals surface area (Å²) in [5, 5.41) is 10.7. The van der Waals surface area contributed by atoms with Crippen molar-refractivity contribution in [3.63, 3.8) is 0 Å². The summed E-state index contributed by atoms with van der Waals surface area (Å²) in [6.07, 6.45) is 2.29. The summed E-state index contributed by atoms with van der Waals surface area (Å²) in [6, 6.07) is 10.3. The normalized spacial score (nSPS) is 13.5. The Labute approximate surface area is 166 Å². The molecule has 1 aliphatic carbocycles. The lowest BCUT2D eigenvalue weighted by Crippen LogP contribution is -2.25. The summed E-state index contributed by atoms with van der Waals surface area (Å²) in [4.78, 5) is 12.4. The highest BCUT2D eigenvalue weighted by molar-refractivity contribution is 6.16. The van der Waals surface area contributed by atoms with Gasteiger partial charge in [-0.2, -0.15) is 0 Å². The standard InChI is InChI=1S/C21H19ClFN3O2/c1-12-17(8-16(9-18(12)23)20(27)24-11-13-2-3-13)14-4-6-15(7-5-14)21-26-25-19(10-22)28-21/h4-9,13H,2-3,10-11H2,1H3,(H,24,27). The van der Waals surface area contributed by atoms with Crippen LogP contribution in [0.2, 0.25) is 0 Å². The molecule has 0 atom stereocenters. The number of carbonyl (C=O) groups excluding carboxylic acids is 1. The second-order valence-electron chi connectivity index (χ2n) is 7.00. The number of hydrogen-bond donors (Lipinski definition) is 1. The van der Waals surface area contributed by atoms with E-state index in [1.165, 1.54) is 6.07 Å². The molecule has 5 nitrogen and oxygen atoms in total. The molecule has 2 aromatic carbocycles. The van der Waals surface area contributed by atoms with E-state index in [1.807, 2.05) is 24.3 Å². The van der Waals surface area contributed by atoms with Crippen LogP contribution in [0.5, 0.6) is 0 Å². The molecule has 0 radical (unpaired) electrons. The van der Waals surface area contributed by atoms with Gasteiger partial charge in [0.2, 0.25) is 11.8 Å². The summed E-state index contributed by atoms with van der Waals surface area (Å²) in [7, 11) is 0. The maximum atomic E-state index is 14.5. The van der Waals surface area contributed by atoms with E-state index < -0.39 is 5.82 Å². The number of aromatic nitrogens is 2. The van der Waals surface area contributed by atoms with Crippen LogP contribution in [0.3, 0.4) is 0 Å². The molecule has 144 valence electrons. The van der Waals surface area contributed by atoms with Gasteiger partial charge >= 0.3 is 0 Å². The molecule has 1 amide bonds. The number of halogens is 2. The van der Waals surface area contributed by atoms with Crippen molar-refractivity contribution in [2.75, 3.05) is 6.54 Å². The van der Waals surface area contributed by atoms with Gasteiger partial charge in [-0.15, -0.1) is 21.8 Å². The van der Waals surface area contributed by atoms with Crippen LogP contribution >= 0.6 is 11.6 Å². The lowest BCUT2D eigenvalue weighted by atomic mass is 9.96. The Kier molecular flexibility index (Phi) is 5.13. The Morgan fingerprint density at radius 3 is 2.57 bits per heavy atom. The van der Waals surface area contributed by atoms with E-state index >= 15 is 0 Å². The first-order valence-electron chi connectivity index (χ1n) is 9.12. The zero-order valence-corrected chi connectivity index (χ0v) is 16.1. The number of amides is 1. The topological polar surface area (TPSA) is 68.0 Å². The first kappa shape index (κ1) is 18.6. The fraction of sp³-hybridized carbons (Fsp3) is 0.286.